The lowest BCUT2D eigenvalue weighted by Crippen LogP contribution is -2.44. The van der Waals surface area contributed by atoms with Gasteiger partial charge in [-0.2, -0.15) is 5.26 Å². The number of methoxy groups -OCH3 is 1. The fraction of sp³-hybridized carbons (Fsp3) is 0.467. The molecule has 1 aromatic carbocycles. The van der Waals surface area contributed by atoms with E-state index in [2.05, 4.69) is 5.32 Å². The Kier molecular flexibility index (Phi) is 5.12. The number of nitrogens with one attached hydrogen (secondary N) is 1. The molecule has 1 amide bonds. The lowest BCUT2D eigenvalue weighted by molar-refractivity contribution is -0.130. The van der Waals surface area contributed by atoms with E-state index in [0.717, 1.165) is 0 Å². The summed E-state index contributed by atoms with van der Waals surface area (Å²) in [6.45, 7) is 5.54. The maximum atomic E-state index is 12.0. The average Bonchev–Trinajstić information content (AvgIpc) is 2.42. The van der Waals surface area contributed by atoms with Crippen molar-refractivity contribution in [3.8, 4) is 11.8 Å². The van der Waals surface area contributed by atoms with Crippen LogP contribution in [-0.4, -0.2) is 24.2 Å². The van der Waals surface area contributed by atoms with Crippen LogP contribution in [0.4, 0.5) is 0 Å². The lowest BCUT2D eigenvalue weighted by atomic mass is 9.87. The predicted molar refractivity (Wildman–Crippen MR) is 75.0 cm³/mol. The van der Waals surface area contributed by atoms with Crippen LogP contribution in [0.1, 0.15) is 32.4 Å². The van der Waals surface area contributed by atoms with Crippen molar-refractivity contribution in [3.63, 3.8) is 0 Å². The first-order valence-electron chi connectivity index (χ1n) is 6.31. The molecule has 0 radical (unpaired) electrons. The fourth-order valence-electron chi connectivity index (χ4n) is 1.63. The molecule has 0 aromatic heterocycles. The highest BCUT2D eigenvalue weighted by molar-refractivity contribution is 5.82. The SMILES string of the molecule is COc1cccc([C@@H](O)C(=O)N[C@@H](C#N)C(C)(C)C)c1. The summed E-state index contributed by atoms with van der Waals surface area (Å²) in [5.41, 5.74) is 0.0193. The van der Waals surface area contributed by atoms with Gasteiger partial charge in [0, 0.05) is 0 Å². The van der Waals surface area contributed by atoms with Crippen LogP contribution in [-0.2, 0) is 4.79 Å². The molecule has 0 bridgehead atoms. The number of amides is 1. The van der Waals surface area contributed by atoms with Gasteiger partial charge in [-0.1, -0.05) is 32.9 Å². The molecule has 5 nitrogen and oxygen atoms in total. The molecule has 0 unspecified atom stereocenters. The Labute approximate surface area is 119 Å². The number of hydrogen-bond acceptors (Lipinski definition) is 4. The van der Waals surface area contributed by atoms with Crippen molar-refractivity contribution in [2.24, 2.45) is 5.41 Å². The zero-order valence-electron chi connectivity index (χ0n) is 12.2. The number of benzene rings is 1. The molecule has 108 valence electrons. The Bertz CT molecular complexity index is 515. The molecule has 0 aliphatic rings. The van der Waals surface area contributed by atoms with Crippen LogP contribution >= 0.6 is 0 Å². The number of carbonyl (C=O) groups excluding carboxylic acids is 1. The van der Waals surface area contributed by atoms with Crippen molar-refractivity contribution in [2.75, 3.05) is 7.11 Å². The first kappa shape index (κ1) is 16.0. The standard InChI is InChI=1S/C15H20N2O3/c1-15(2,3)12(9-16)17-14(19)13(18)10-6-5-7-11(8-10)20-4/h5-8,12-13,18H,1-4H3,(H,17,19)/t12-,13+/m0/s1. The van der Waals surface area contributed by atoms with Crippen molar-refractivity contribution in [1.82, 2.24) is 5.32 Å². The minimum Gasteiger partial charge on any atom is -0.497 e. The fourth-order valence-corrected chi connectivity index (χ4v) is 1.63. The molecule has 5 heteroatoms. The number of aliphatic hydroxyl groups excluding tert-OH is 1. The molecule has 20 heavy (non-hydrogen) atoms. The number of nitriles is 1. The van der Waals surface area contributed by atoms with Gasteiger partial charge >= 0.3 is 0 Å². The first-order valence-corrected chi connectivity index (χ1v) is 6.31. The lowest BCUT2D eigenvalue weighted by Gasteiger charge is -2.26. The van der Waals surface area contributed by atoms with Gasteiger partial charge < -0.3 is 15.2 Å². The maximum Gasteiger partial charge on any atom is 0.254 e. The maximum absolute atomic E-state index is 12.0. The molecule has 2 atom stereocenters. The van der Waals surface area contributed by atoms with E-state index in [9.17, 15) is 9.90 Å². The number of hydrogen-bond donors (Lipinski definition) is 2. The predicted octanol–water partition coefficient (Wildman–Crippen LogP) is 1.78. The van der Waals surface area contributed by atoms with Gasteiger partial charge in [0.05, 0.1) is 13.2 Å². The summed E-state index contributed by atoms with van der Waals surface area (Å²) in [6, 6.07) is 7.99. The van der Waals surface area contributed by atoms with Crippen molar-refractivity contribution in [1.29, 1.82) is 5.26 Å². The molecule has 1 rings (SSSR count). The smallest absolute Gasteiger partial charge is 0.254 e. The number of ether oxygens (including phenoxy) is 1. The Hall–Kier alpha value is -2.06. The minimum absolute atomic E-state index is 0.404. The molecule has 0 heterocycles. The molecule has 0 aliphatic carbocycles. The number of aliphatic hydroxyl groups is 1. The Morgan fingerprint density at radius 3 is 2.60 bits per heavy atom. The summed E-state index contributed by atoms with van der Waals surface area (Å²) in [5, 5.41) is 21.7. The van der Waals surface area contributed by atoms with Gasteiger partial charge in [0.1, 0.15) is 11.8 Å². The van der Waals surface area contributed by atoms with Gasteiger partial charge in [-0.3, -0.25) is 4.79 Å². The molecular weight excluding hydrogens is 256 g/mol. The van der Waals surface area contributed by atoms with Gasteiger partial charge in [0.25, 0.3) is 5.91 Å². The van der Waals surface area contributed by atoms with Crippen LogP contribution < -0.4 is 10.1 Å². The first-order chi connectivity index (χ1) is 9.29. The highest BCUT2D eigenvalue weighted by Gasteiger charge is 2.28. The summed E-state index contributed by atoms with van der Waals surface area (Å²) in [5.74, 6) is -0.0401. The topological polar surface area (TPSA) is 82.3 Å². The van der Waals surface area contributed by atoms with E-state index in [1.54, 1.807) is 24.3 Å². The third-order valence-electron chi connectivity index (χ3n) is 2.94. The van der Waals surface area contributed by atoms with E-state index in [1.807, 2.05) is 26.8 Å². The highest BCUT2D eigenvalue weighted by atomic mass is 16.5. The quantitative estimate of drug-likeness (QED) is 0.878. The van der Waals surface area contributed by atoms with E-state index in [1.165, 1.54) is 7.11 Å². The van der Waals surface area contributed by atoms with Crippen LogP contribution in [0, 0.1) is 16.7 Å². The number of rotatable bonds is 4. The molecule has 0 aliphatic heterocycles. The Morgan fingerprint density at radius 1 is 1.45 bits per heavy atom. The minimum atomic E-state index is -1.33. The molecule has 1 aromatic rings. The highest BCUT2D eigenvalue weighted by Crippen LogP contribution is 2.22. The molecule has 0 fully saturated rings. The van der Waals surface area contributed by atoms with Crippen molar-refractivity contribution < 1.29 is 14.6 Å². The Balaban J connectivity index is 2.84. The van der Waals surface area contributed by atoms with E-state index in [0.29, 0.717) is 11.3 Å². The summed E-state index contributed by atoms with van der Waals surface area (Å²) >= 11 is 0. The van der Waals surface area contributed by atoms with Crippen molar-refractivity contribution >= 4 is 5.91 Å². The monoisotopic (exact) mass is 276 g/mol. The van der Waals surface area contributed by atoms with Gasteiger partial charge in [-0.05, 0) is 23.1 Å². The molecule has 0 saturated carbocycles. The van der Waals surface area contributed by atoms with Crippen LogP contribution in [0.2, 0.25) is 0 Å². The molecule has 0 saturated heterocycles. The number of carbonyl (C=O) groups is 1. The van der Waals surface area contributed by atoms with Gasteiger partial charge in [0.2, 0.25) is 0 Å². The Morgan fingerprint density at radius 2 is 2.10 bits per heavy atom. The average molecular weight is 276 g/mol. The zero-order valence-corrected chi connectivity index (χ0v) is 12.2. The molecular formula is C15H20N2O3. The van der Waals surface area contributed by atoms with E-state index in [-0.39, 0.29) is 0 Å². The van der Waals surface area contributed by atoms with Gasteiger partial charge in [0.15, 0.2) is 6.10 Å². The van der Waals surface area contributed by atoms with Gasteiger partial charge in [-0.25, -0.2) is 0 Å². The normalized spacial score (nSPS) is 14.0. The second-order valence-corrected chi connectivity index (χ2v) is 5.62. The second kappa shape index (κ2) is 6.40. The molecule has 0 spiro atoms. The zero-order chi connectivity index (χ0) is 15.3. The summed E-state index contributed by atoms with van der Waals surface area (Å²) in [4.78, 5) is 12.0. The number of nitrogens with zero attached hydrogens (tertiary/aromatic N) is 1. The van der Waals surface area contributed by atoms with Crippen LogP contribution in [0.25, 0.3) is 0 Å². The summed E-state index contributed by atoms with van der Waals surface area (Å²) in [7, 11) is 1.51. The van der Waals surface area contributed by atoms with Crippen LogP contribution in [0.15, 0.2) is 24.3 Å². The van der Waals surface area contributed by atoms with Crippen molar-refractivity contribution in [2.45, 2.75) is 32.9 Å². The van der Waals surface area contributed by atoms with E-state index in [4.69, 9.17) is 10.00 Å². The van der Waals surface area contributed by atoms with E-state index >= 15 is 0 Å². The van der Waals surface area contributed by atoms with Crippen LogP contribution in [0.5, 0.6) is 5.75 Å². The third kappa shape index (κ3) is 3.97. The largest absolute Gasteiger partial charge is 0.497 e. The summed E-state index contributed by atoms with van der Waals surface area (Å²) in [6.07, 6.45) is -1.33. The molecule has 2 N–H and O–H groups in total. The van der Waals surface area contributed by atoms with Crippen LogP contribution in [0.3, 0.4) is 0 Å². The second-order valence-electron chi connectivity index (χ2n) is 5.62. The van der Waals surface area contributed by atoms with Gasteiger partial charge in [-0.15, -0.1) is 0 Å². The van der Waals surface area contributed by atoms with E-state index < -0.39 is 23.5 Å². The third-order valence-corrected chi connectivity index (χ3v) is 2.94. The summed E-state index contributed by atoms with van der Waals surface area (Å²) < 4.78 is 5.05. The van der Waals surface area contributed by atoms with Crippen molar-refractivity contribution in [3.05, 3.63) is 29.8 Å².